The molecule has 0 unspecified atom stereocenters. The van der Waals surface area contributed by atoms with Gasteiger partial charge in [0.2, 0.25) is 0 Å². The van der Waals surface area contributed by atoms with Crippen LogP contribution in [-0.2, 0) is 14.3 Å². The van der Waals surface area contributed by atoms with Gasteiger partial charge in [0, 0.05) is 11.3 Å². The van der Waals surface area contributed by atoms with Gasteiger partial charge in [0.05, 0.1) is 41.7 Å². The van der Waals surface area contributed by atoms with Crippen molar-refractivity contribution in [1.29, 1.82) is 0 Å². The van der Waals surface area contributed by atoms with Gasteiger partial charge >= 0.3 is 0 Å². The lowest BCUT2D eigenvalue weighted by Gasteiger charge is -2.60. The molecule has 5 aliphatic rings. The molecule has 12 heteroatoms. The molecule has 4 fully saturated rings. The smallest absolute Gasteiger partial charge is 0.187 e. The molecule has 3 saturated carbocycles. The van der Waals surface area contributed by atoms with Crippen molar-refractivity contribution in [3.05, 3.63) is 11.6 Å². The van der Waals surface area contributed by atoms with Crippen LogP contribution >= 0.6 is 0 Å². The van der Waals surface area contributed by atoms with Gasteiger partial charge in [0.25, 0.3) is 0 Å². The van der Waals surface area contributed by atoms with Crippen LogP contribution < -0.4 is 0 Å². The largest absolute Gasteiger partial charge is 0.394 e. The number of rotatable bonds is 9. The first-order valence-electron chi connectivity index (χ1n) is 17.4. The summed E-state index contributed by atoms with van der Waals surface area (Å²) in [5.41, 5.74) is -4.92. The third-order valence-electron chi connectivity index (χ3n) is 13.7. The van der Waals surface area contributed by atoms with Crippen molar-refractivity contribution in [2.45, 2.75) is 159 Å². The van der Waals surface area contributed by atoms with Crippen LogP contribution in [-0.4, -0.2) is 124 Å². The molecule has 270 valence electrons. The van der Waals surface area contributed by atoms with Crippen molar-refractivity contribution in [2.24, 2.45) is 34.5 Å². The molecule has 0 spiro atoms. The highest BCUT2D eigenvalue weighted by atomic mass is 16.7. The maximum Gasteiger partial charge on any atom is 0.187 e. The summed E-state index contributed by atoms with van der Waals surface area (Å²) in [6.45, 7) is 10.3. The SMILES string of the molecule is CC[C@H](C[C@@H](O)[C@](C)(O)[C@H]1CC[C@@]2(O)C3=CC(=O)[C@@H]4C[C@@H](O)[C@@H](O)C[C@]4(C)[C@H]3CC[C@]12C)C(C)(C)O[C@@H]1O[C@H](CO)[C@@H](O)[C@H](O)[C@H]1O. The number of aliphatic hydroxyl groups excluding tert-OH is 7. The van der Waals surface area contributed by atoms with Gasteiger partial charge < -0.3 is 55.4 Å². The van der Waals surface area contributed by atoms with Gasteiger partial charge in [0.15, 0.2) is 12.1 Å². The Hall–Kier alpha value is -1.03. The normalized spacial score (nSPS) is 48.1. The molecule has 12 nitrogen and oxygen atoms in total. The Kier molecular flexibility index (Phi) is 10.0. The molecular formula is C35H58O12. The van der Waals surface area contributed by atoms with E-state index in [9.17, 15) is 50.8 Å². The second kappa shape index (κ2) is 12.6. The Morgan fingerprint density at radius 3 is 2.28 bits per heavy atom. The number of carbonyl (C=O) groups excluding carboxylic acids is 1. The zero-order valence-electron chi connectivity index (χ0n) is 28.6. The molecule has 0 aromatic rings. The van der Waals surface area contributed by atoms with E-state index in [0.717, 1.165) is 0 Å². The number of carbonyl (C=O) groups is 1. The van der Waals surface area contributed by atoms with E-state index in [0.29, 0.717) is 37.7 Å². The minimum Gasteiger partial charge on any atom is -0.394 e. The molecule has 0 amide bonds. The van der Waals surface area contributed by atoms with Gasteiger partial charge in [-0.1, -0.05) is 27.2 Å². The standard InChI is InChI=1S/C35H58O12/c1-7-17(31(2,3)47-30-29(43)28(42)27(41)24(16-36)46-30)12-26(40)34(6,44)25-9-11-35(45)19-13-21(37)20-14-22(38)23(39)15-32(20,4)18(19)8-10-33(25,35)5/h13,17-18,20,22-30,36,38-45H,7-12,14-16H2,1-6H3/t17-,18+,20+,22-,23+,24-,25+,26-,27-,28+,29-,30+,32-,33-,34-,35-/m1/s1. The van der Waals surface area contributed by atoms with Crippen molar-refractivity contribution < 1.29 is 60.2 Å². The van der Waals surface area contributed by atoms with E-state index in [-0.39, 0.29) is 36.9 Å². The first kappa shape index (κ1) is 37.2. The van der Waals surface area contributed by atoms with E-state index in [1.807, 2.05) is 20.8 Å². The molecule has 9 N–H and O–H groups in total. The van der Waals surface area contributed by atoms with Crippen molar-refractivity contribution >= 4 is 5.78 Å². The average Bonchev–Trinajstić information content (AvgIpc) is 3.29. The minimum absolute atomic E-state index is 0.0999. The molecule has 1 heterocycles. The van der Waals surface area contributed by atoms with E-state index in [2.05, 4.69) is 0 Å². The zero-order chi connectivity index (χ0) is 35.1. The first-order chi connectivity index (χ1) is 21.7. The third-order valence-corrected chi connectivity index (χ3v) is 13.7. The maximum atomic E-state index is 13.5. The molecule has 0 aromatic carbocycles. The highest BCUT2D eigenvalue weighted by Gasteiger charge is 2.69. The Morgan fingerprint density at radius 1 is 1.00 bits per heavy atom. The highest BCUT2D eigenvalue weighted by Crippen LogP contribution is 2.68. The Bertz CT molecular complexity index is 1200. The number of hydrogen-bond donors (Lipinski definition) is 9. The lowest BCUT2D eigenvalue weighted by molar-refractivity contribution is -0.329. The Morgan fingerprint density at radius 2 is 1.66 bits per heavy atom. The summed E-state index contributed by atoms with van der Waals surface area (Å²) in [5.74, 6) is -1.65. The molecular weight excluding hydrogens is 612 g/mol. The average molecular weight is 671 g/mol. The van der Waals surface area contributed by atoms with Crippen molar-refractivity contribution in [3.63, 3.8) is 0 Å². The molecule has 4 aliphatic carbocycles. The zero-order valence-corrected chi connectivity index (χ0v) is 28.6. The van der Waals surface area contributed by atoms with Crippen LogP contribution in [0.15, 0.2) is 11.6 Å². The van der Waals surface area contributed by atoms with Gasteiger partial charge in [-0.2, -0.15) is 0 Å². The molecule has 0 radical (unpaired) electrons. The van der Waals surface area contributed by atoms with Gasteiger partial charge in [-0.3, -0.25) is 4.79 Å². The molecule has 1 saturated heterocycles. The summed E-state index contributed by atoms with van der Waals surface area (Å²) in [7, 11) is 0. The Labute approximate surface area is 277 Å². The summed E-state index contributed by atoms with van der Waals surface area (Å²) < 4.78 is 11.7. The van der Waals surface area contributed by atoms with E-state index >= 15 is 0 Å². The molecule has 0 bridgehead atoms. The van der Waals surface area contributed by atoms with Crippen LogP contribution in [0.2, 0.25) is 0 Å². The quantitative estimate of drug-likeness (QED) is 0.162. The lowest BCUT2D eigenvalue weighted by Crippen LogP contribution is -2.63. The fraction of sp³-hybridized carbons (Fsp3) is 0.914. The van der Waals surface area contributed by atoms with E-state index in [1.165, 1.54) is 0 Å². The lowest BCUT2D eigenvalue weighted by atomic mass is 9.45. The second-order valence-corrected chi connectivity index (χ2v) is 16.6. The van der Waals surface area contributed by atoms with Crippen LogP contribution in [0, 0.1) is 34.5 Å². The van der Waals surface area contributed by atoms with Crippen LogP contribution in [0.25, 0.3) is 0 Å². The topological polar surface area (TPSA) is 218 Å². The molecule has 16 atom stereocenters. The monoisotopic (exact) mass is 670 g/mol. The minimum atomic E-state index is -1.64. The Balaban J connectivity index is 1.35. The van der Waals surface area contributed by atoms with Gasteiger partial charge in [-0.15, -0.1) is 0 Å². The predicted molar refractivity (Wildman–Crippen MR) is 168 cm³/mol. The van der Waals surface area contributed by atoms with Crippen LogP contribution in [0.4, 0.5) is 0 Å². The van der Waals surface area contributed by atoms with Gasteiger partial charge in [0.1, 0.15) is 24.4 Å². The van der Waals surface area contributed by atoms with Crippen molar-refractivity contribution in [3.8, 4) is 0 Å². The number of ether oxygens (including phenoxy) is 2. The highest BCUT2D eigenvalue weighted by molar-refractivity contribution is 5.95. The number of hydrogen-bond acceptors (Lipinski definition) is 12. The summed E-state index contributed by atoms with van der Waals surface area (Å²) in [4.78, 5) is 13.5. The molecule has 0 aromatic heterocycles. The first-order valence-corrected chi connectivity index (χ1v) is 17.4. The third kappa shape index (κ3) is 5.77. The fourth-order valence-electron chi connectivity index (χ4n) is 10.6. The summed E-state index contributed by atoms with van der Waals surface area (Å²) in [6.07, 6.45) is -5.81. The van der Waals surface area contributed by atoms with E-state index < -0.39 is 95.1 Å². The number of allylic oxidation sites excluding steroid dienone is 1. The van der Waals surface area contributed by atoms with Gasteiger partial charge in [-0.05, 0) is 101 Å². The predicted octanol–water partition coefficient (Wildman–Crippen LogP) is 0.314. The van der Waals surface area contributed by atoms with Crippen LogP contribution in [0.1, 0.15) is 92.9 Å². The number of ketones is 1. The summed E-state index contributed by atoms with van der Waals surface area (Å²) >= 11 is 0. The van der Waals surface area contributed by atoms with Crippen molar-refractivity contribution in [1.82, 2.24) is 0 Å². The van der Waals surface area contributed by atoms with Gasteiger partial charge in [-0.25, -0.2) is 0 Å². The van der Waals surface area contributed by atoms with Crippen LogP contribution in [0.3, 0.4) is 0 Å². The molecule has 1 aliphatic heterocycles. The maximum absolute atomic E-state index is 13.5. The van der Waals surface area contributed by atoms with Crippen molar-refractivity contribution in [2.75, 3.05) is 6.61 Å². The van der Waals surface area contributed by atoms with E-state index in [1.54, 1.807) is 26.8 Å². The van der Waals surface area contributed by atoms with Crippen LogP contribution in [0.5, 0.6) is 0 Å². The number of aliphatic hydroxyl groups is 9. The van der Waals surface area contributed by atoms with E-state index in [4.69, 9.17) is 9.47 Å². The molecule has 47 heavy (non-hydrogen) atoms. The molecule has 5 rings (SSSR count). The second-order valence-electron chi connectivity index (χ2n) is 16.6. The summed E-state index contributed by atoms with van der Waals surface area (Å²) in [6, 6.07) is 0. The number of fused-ring (bicyclic) bond motifs is 5. The summed E-state index contributed by atoms with van der Waals surface area (Å²) in [5, 5.41) is 97.9. The fourth-order valence-corrected chi connectivity index (χ4v) is 10.6.